The topological polar surface area (TPSA) is 96.4 Å². The highest BCUT2D eigenvalue weighted by Gasteiger charge is 2.29. The van der Waals surface area contributed by atoms with Crippen LogP contribution >= 0.6 is 0 Å². The molecule has 0 aromatic carbocycles. The molecule has 0 radical (unpaired) electrons. The van der Waals surface area contributed by atoms with Gasteiger partial charge in [-0.1, -0.05) is 0 Å². The lowest BCUT2D eigenvalue weighted by molar-refractivity contribution is -0.116. The number of hydrogen-bond acceptors (Lipinski definition) is 6. The second-order valence-corrected chi connectivity index (χ2v) is 8.56. The van der Waals surface area contributed by atoms with E-state index in [0.29, 0.717) is 32.5 Å². The summed E-state index contributed by atoms with van der Waals surface area (Å²) in [6.07, 6.45) is 0.00768. The fourth-order valence-corrected chi connectivity index (χ4v) is 2.35. The van der Waals surface area contributed by atoms with Crippen molar-refractivity contribution in [1.82, 2.24) is 9.80 Å². The molecule has 8 heteroatoms. The van der Waals surface area contributed by atoms with E-state index in [4.69, 9.17) is 9.47 Å². The molecule has 0 saturated carbocycles. The van der Waals surface area contributed by atoms with E-state index in [1.807, 2.05) is 41.5 Å². The normalized spacial score (nSPS) is 20.6. The number of likely N-dealkylation sites (tertiary alicyclic amines) is 2. The monoisotopic (exact) mass is 372 g/mol. The molecule has 0 unspecified atom stereocenters. The van der Waals surface area contributed by atoms with Gasteiger partial charge in [-0.3, -0.25) is 4.79 Å². The van der Waals surface area contributed by atoms with Crippen molar-refractivity contribution in [3.63, 3.8) is 0 Å². The van der Waals surface area contributed by atoms with Gasteiger partial charge in [0.1, 0.15) is 11.2 Å². The minimum absolute atomic E-state index is 0.103. The maximum atomic E-state index is 11.4. The van der Waals surface area contributed by atoms with E-state index >= 15 is 0 Å². The second-order valence-electron chi connectivity index (χ2n) is 8.56. The highest BCUT2D eigenvalue weighted by Crippen LogP contribution is 2.15. The summed E-state index contributed by atoms with van der Waals surface area (Å²) in [6, 6.07) is 0. The zero-order valence-electron chi connectivity index (χ0n) is 16.7. The molecule has 8 nitrogen and oxygen atoms in total. The van der Waals surface area contributed by atoms with Gasteiger partial charge in [-0.15, -0.1) is 0 Å². The molecule has 0 bridgehead atoms. The first-order chi connectivity index (χ1) is 11.8. The Morgan fingerprint density at radius 1 is 0.962 bits per heavy atom. The largest absolute Gasteiger partial charge is 0.444 e. The summed E-state index contributed by atoms with van der Waals surface area (Å²) in [4.78, 5) is 36.6. The Morgan fingerprint density at radius 3 is 1.81 bits per heavy atom. The van der Waals surface area contributed by atoms with Crippen LogP contribution in [-0.2, 0) is 14.3 Å². The maximum Gasteiger partial charge on any atom is 0.410 e. The van der Waals surface area contributed by atoms with Crippen LogP contribution in [0.5, 0.6) is 0 Å². The van der Waals surface area contributed by atoms with Gasteiger partial charge in [-0.25, -0.2) is 9.59 Å². The van der Waals surface area contributed by atoms with Crippen molar-refractivity contribution in [1.29, 1.82) is 0 Å². The lowest BCUT2D eigenvalue weighted by atomic mass is 10.2. The lowest BCUT2D eigenvalue weighted by Gasteiger charge is -2.24. The Kier molecular flexibility index (Phi) is 7.44. The van der Waals surface area contributed by atoms with E-state index in [1.165, 1.54) is 9.80 Å². The molecule has 2 rings (SSSR count). The quantitative estimate of drug-likeness (QED) is 0.700. The van der Waals surface area contributed by atoms with Crippen molar-refractivity contribution in [2.75, 3.05) is 26.2 Å². The number of hydrogen-bond donors (Lipinski definition) is 1. The van der Waals surface area contributed by atoms with E-state index in [0.717, 1.165) is 0 Å². The second kappa shape index (κ2) is 8.70. The lowest BCUT2D eigenvalue weighted by Crippen LogP contribution is -2.35. The predicted molar refractivity (Wildman–Crippen MR) is 95.9 cm³/mol. The molecule has 0 spiro atoms. The molecule has 26 heavy (non-hydrogen) atoms. The van der Waals surface area contributed by atoms with Gasteiger partial charge in [0, 0.05) is 26.1 Å². The Bertz CT molecular complexity index is 521. The molecule has 0 aromatic rings. The fraction of sp³-hybridized carbons (Fsp3) is 0.833. The van der Waals surface area contributed by atoms with Gasteiger partial charge < -0.3 is 24.4 Å². The molecule has 0 aliphatic carbocycles. The van der Waals surface area contributed by atoms with E-state index in [-0.39, 0.29) is 24.5 Å². The van der Waals surface area contributed by atoms with Crippen LogP contribution < -0.4 is 0 Å². The summed E-state index contributed by atoms with van der Waals surface area (Å²) in [5.74, 6) is 0.103. The molecule has 2 saturated heterocycles. The Hall–Kier alpha value is -1.83. The predicted octanol–water partition coefficient (Wildman–Crippen LogP) is 2.18. The number of amides is 2. The molecule has 2 aliphatic heterocycles. The highest BCUT2D eigenvalue weighted by atomic mass is 16.6. The van der Waals surface area contributed by atoms with Crippen molar-refractivity contribution in [3.05, 3.63) is 0 Å². The van der Waals surface area contributed by atoms with Crippen molar-refractivity contribution >= 4 is 18.0 Å². The highest BCUT2D eigenvalue weighted by molar-refractivity contribution is 5.87. The van der Waals surface area contributed by atoms with Gasteiger partial charge in [-0.2, -0.15) is 0 Å². The third kappa shape index (κ3) is 8.51. The van der Waals surface area contributed by atoms with Crippen LogP contribution in [0.3, 0.4) is 0 Å². The molecule has 0 aromatic heterocycles. The Balaban J connectivity index is 0.000000260. The first-order valence-corrected chi connectivity index (χ1v) is 8.92. The molecular weight excluding hydrogens is 340 g/mol. The number of aliphatic hydroxyl groups is 1. The van der Waals surface area contributed by atoms with Crippen molar-refractivity contribution < 1.29 is 29.0 Å². The van der Waals surface area contributed by atoms with E-state index in [1.54, 1.807) is 0 Å². The molecule has 2 aliphatic rings. The third-order valence-electron chi connectivity index (χ3n) is 3.49. The number of ether oxygens (including phenoxy) is 2. The molecule has 2 amide bonds. The molecule has 150 valence electrons. The van der Waals surface area contributed by atoms with Gasteiger partial charge in [0.2, 0.25) is 0 Å². The number of β-amino-alcohol motifs (C(OH)–C–C–N with tert-alkyl or cyclic N) is 1. The maximum absolute atomic E-state index is 11.4. The summed E-state index contributed by atoms with van der Waals surface area (Å²) in [5, 5.41) is 9.20. The number of carbonyl (C=O) groups is 3. The number of carbonyl (C=O) groups excluding carboxylic acids is 3. The minimum atomic E-state index is -0.483. The van der Waals surface area contributed by atoms with Gasteiger partial charge in [0.15, 0.2) is 5.78 Å². The van der Waals surface area contributed by atoms with Gasteiger partial charge in [0.25, 0.3) is 0 Å². The zero-order valence-corrected chi connectivity index (χ0v) is 16.7. The van der Waals surface area contributed by atoms with Crippen LogP contribution in [0.2, 0.25) is 0 Å². The van der Waals surface area contributed by atoms with Gasteiger partial charge >= 0.3 is 12.2 Å². The van der Waals surface area contributed by atoms with E-state index < -0.39 is 17.3 Å². The average molecular weight is 372 g/mol. The standard InChI is InChI=1S/C9H17NO3.C9H15NO3/c2*1-9(2,3)13-8(12)10-5-4-7(11)6-10/h7,11H,4-6H2,1-3H3;4-6H2,1-3H3/t7-;/m1./s1. The summed E-state index contributed by atoms with van der Waals surface area (Å²) in [5.41, 5.74) is -0.937. The van der Waals surface area contributed by atoms with Crippen LogP contribution in [0.4, 0.5) is 9.59 Å². The molecule has 1 atom stereocenters. The van der Waals surface area contributed by atoms with Crippen molar-refractivity contribution in [3.8, 4) is 0 Å². The van der Waals surface area contributed by atoms with E-state index in [2.05, 4.69) is 0 Å². The van der Waals surface area contributed by atoms with Gasteiger partial charge in [0.05, 0.1) is 12.6 Å². The van der Waals surface area contributed by atoms with Crippen LogP contribution in [-0.4, -0.2) is 76.4 Å². The van der Waals surface area contributed by atoms with Crippen LogP contribution in [0, 0.1) is 0 Å². The fourth-order valence-electron chi connectivity index (χ4n) is 2.35. The van der Waals surface area contributed by atoms with Crippen LogP contribution in [0.15, 0.2) is 0 Å². The first kappa shape index (κ1) is 22.2. The summed E-state index contributed by atoms with van der Waals surface area (Å²) in [6.45, 7) is 12.6. The Morgan fingerprint density at radius 2 is 1.46 bits per heavy atom. The zero-order chi connectivity index (χ0) is 20.1. The number of rotatable bonds is 0. The average Bonchev–Trinajstić information content (AvgIpc) is 3.04. The molecule has 2 heterocycles. The number of nitrogens with zero attached hydrogens (tertiary/aromatic N) is 2. The van der Waals surface area contributed by atoms with E-state index in [9.17, 15) is 19.5 Å². The molecule has 2 fully saturated rings. The molecular formula is C18H32N2O6. The first-order valence-electron chi connectivity index (χ1n) is 8.92. The summed E-state index contributed by atoms with van der Waals surface area (Å²) in [7, 11) is 0. The summed E-state index contributed by atoms with van der Waals surface area (Å²) >= 11 is 0. The minimum Gasteiger partial charge on any atom is -0.444 e. The number of Topliss-reactive ketones (excluding diaryl/α,β-unsaturated/α-hetero) is 1. The number of aliphatic hydroxyl groups excluding tert-OH is 1. The summed E-state index contributed by atoms with van der Waals surface area (Å²) < 4.78 is 10.3. The van der Waals surface area contributed by atoms with Crippen LogP contribution in [0.1, 0.15) is 54.4 Å². The molecule has 1 N–H and O–H groups in total. The third-order valence-corrected chi connectivity index (χ3v) is 3.49. The smallest absolute Gasteiger partial charge is 0.410 e. The SMILES string of the molecule is CC(C)(C)OC(=O)N1CCC(=O)C1.CC(C)(C)OC(=O)N1CC[C@@H](O)C1. The Labute approximate surface area is 155 Å². The van der Waals surface area contributed by atoms with Crippen molar-refractivity contribution in [2.45, 2.75) is 71.7 Å². The van der Waals surface area contributed by atoms with Crippen LogP contribution in [0.25, 0.3) is 0 Å². The van der Waals surface area contributed by atoms with Crippen molar-refractivity contribution in [2.24, 2.45) is 0 Å². The number of ketones is 1. The van der Waals surface area contributed by atoms with Gasteiger partial charge in [-0.05, 0) is 48.0 Å².